The van der Waals surface area contributed by atoms with E-state index >= 15 is 0 Å². The number of ether oxygens (including phenoxy) is 1. The standard InChI is InChI=1S/C16H34F3N5O.HI/c1-5-20-15(22-9-12-23(2)11-7-13-25-4)21-8-6-10-24(3)14-16(17,18)19;/h5-14H2,1-4H3,(H2,20,21,22);1H. The van der Waals surface area contributed by atoms with Crippen LogP contribution in [0.5, 0.6) is 0 Å². The van der Waals surface area contributed by atoms with Gasteiger partial charge in [0.1, 0.15) is 0 Å². The second-order valence-corrected chi connectivity index (χ2v) is 6.04. The second-order valence-electron chi connectivity index (χ2n) is 6.04. The number of likely N-dealkylation sites (N-methyl/N-ethyl adjacent to an activating group) is 1. The third-order valence-corrected chi connectivity index (χ3v) is 3.44. The highest BCUT2D eigenvalue weighted by Crippen LogP contribution is 2.15. The first-order valence-corrected chi connectivity index (χ1v) is 8.73. The van der Waals surface area contributed by atoms with E-state index in [2.05, 4.69) is 27.6 Å². The van der Waals surface area contributed by atoms with E-state index in [1.54, 1.807) is 7.11 Å². The number of guanidine groups is 1. The third-order valence-electron chi connectivity index (χ3n) is 3.44. The number of alkyl halides is 3. The minimum Gasteiger partial charge on any atom is -0.385 e. The number of halogens is 4. The molecule has 6 nitrogen and oxygen atoms in total. The average Bonchev–Trinajstić information content (AvgIpc) is 2.50. The van der Waals surface area contributed by atoms with E-state index in [-0.39, 0.29) is 24.0 Å². The highest BCUT2D eigenvalue weighted by Gasteiger charge is 2.28. The summed E-state index contributed by atoms with van der Waals surface area (Å²) < 4.78 is 41.8. The molecule has 0 spiro atoms. The molecule has 0 saturated heterocycles. The number of methoxy groups -OCH3 is 1. The van der Waals surface area contributed by atoms with Crippen LogP contribution in [0, 0.1) is 0 Å². The largest absolute Gasteiger partial charge is 0.401 e. The molecule has 0 aromatic heterocycles. The van der Waals surface area contributed by atoms with Crippen LogP contribution in [0.1, 0.15) is 19.8 Å². The third kappa shape index (κ3) is 18.5. The van der Waals surface area contributed by atoms with Gasteiger partial charge in [0.2, 0.25) is 0 Å². The molecule has 0 fully saturated rings. The Balaban J connectivity index is 0. The monoisotopic (exact) mass is 497 g/mol. The molecule has 10 heteroatoms. The number of hydrogen-bond acceptors (Lipinski definition) is 4. The summed E-state index contributed by atoms with van der Waals surface area (Å²) in [5, 5.41) is 6.38. The highest BCUT2D eigenvalue weighted by molar-refractivity contribution is 14.0. The number of aliphatic imine (C=N–C) groups is 1. The zero-order valence-electron chi connectivity index (χ0n) is 16.4. The van der Waals surface area contributed by atoms with Gasteiger partial charge in [0, 0.05) is 46.4 Å². The van der Waals surface area contributed by atoms with Gasteiger partial charge in [0.05, 0.1) is 6.54 Å². The molecule has 158 valence electrons. The smallest absolute Gasteiger partial charge is 0.385 e. The van der Waals surface area contributed by atoms with Crippen molar-refractivity contribution in [3.63, 3.8) is 0 Å². The molecule has 0 aliphatic carbocycles. The van der Waals surface area contributed by atoms with Crippen LogP contribution in [0.2, 0.25) is 0 Å². The van der Waals surface area contributed by atoms with Crippen molar-refractivity contribution in [3.05, 3.63) is 0 Å². The fourth-order valence-electron chi connectivity index (χ4n) is 2.21. The molecular formula is C16H35F3IN5O. The molecule has 0 saturated carbocycles. The quantitative estimate of drug-likeness (QED) is 0.177. The number of nitrogens with one attached hydrogen (secondary N) is 2. The maximum absolute atomic E-state index is 12.2. The summed E-state index contributed by atoms with van der Waals surface area (Å²) >= 11 is 0. The predicted octanol–water partition coefficient (Wildman–Crippen LogP) is 2.01. The van der Waals surface area contributed by atoms with E-state index in [0.29, 0.717) is 25.5 Å². The maximum Gasteiger partial charge on any atom is 0.401 e. The Morgan fingerprint density at radius 3 is 2.27 bits per heavy atom. The van der Waals surface area contributed by atoms with Crippen molar-refractivity contribution in [2.45, 2.75) is 25.9 Å². The van der Waals surface area contributed by atoms with Crippen molar-refractivity contribution in [3.8, 4) is 0 Å². The van der Waals surface area contributed by atoms with Crippen LogP contribution in [0.4, 0.5) is 13.2 Å². The van der Waals surface area contributed by atoms with Crippen molar-refractivity contribution in [1.29, 1.82) is 0 Å². The molecule has 0 aromatic rings. The van der Waals surface area contributed by atoms with Crippen LogP contribution in [0.3, 0.4) is 0 Å². The van der Waals surface area contributed by atoms with Crippen molar-refractivity contribution in [1.82, 2.24) is 20.4 Å². The van der Waals surface area contributed by atoms with E-state index in [4.69, 9.17) is 4.74 Å². The number of hydrogen-bond donors (Lipinski definition) is 2. The summed E-state index contributed by atoms with van der Waals surface area (Å²) in [4.78, 5) is 7.88. The Kier molecular flexibility index (Phi) is 18.0. The molecule has 0 unspecified atom stereocenters. The van der Waals surface area contributed by atoms with E-state index in [1.807, 2.05) is 6.92 Å². The van der Waals surface area contributed by atoms with Crippen LogP contribution in [-0.2, 0) is 4.74 Å². The zero-order valence-corrected chi connectivity index (χ0v) is 18.7. The summed E-state index contributed by atoms with van der Waals surface area (Å²) in [5.41, 5.74) is 0. The molecule has 26 heavy (non-hydrogen) atoms. The van der Waals surface area contributed by atoms with Gasteiger partial charge < -0.3 is 20.3 Å². The van der Waals surface area contributed by atoms with Crippen molar-refractivity contribution < 1.29 is 17.9 Å². The molecule has 0 aliphatic heterocycles. The summed E-state index contributed by atoms with van der Waals surface area (Å²) in [7, 11) is 5.22. The van der Waals surface area contributed by atoms with Crippen LogP contribution in [0.15, 0.2) is 4.99 Å². The Hall–Kier alpha value is -0.330. The Morgan fingerprint density at radius 2 is 1.69 bits per heavy atom. The molecule has 0 rings (SSSR count). The fourth-order valence-corrected chi connectivity index (χ4v) is 2.21. The van der Waals surface area contributed by atoms with Gasteiger partial charge in [-0.3, -0.25) is 9.89 Å². The van der Waals surface area contributed by atoms with Crippen LogP contribution < -0.4 is 10.6 Å². The van der Waals surface area contributed by atoms with Gasteiger partial charge in [-0.25, -0.2) is 0 Å². The summed E-state index contributed by atoms with van der Waals surface area (Å²) in [6, 6.07) is 0. The lowest BCUT2D eigenvalue weighted by molar-refractivity contribution is -0.143. The average molecular weight is 497 g/mol. The molecule has 0 aliphatic rings. The van der Waals surface area contributed by atoms with Crippen molar-refractivity contribution in [2.24, 2.45) is 4.99 Å². The van der Waals surface area contributed by atoms with Gasteiger partial charge >= 0.3 is 6.18 Å². The SMILES string of the molecule is CCNC(=NCCCN(C)CC(F)(F)F)NCCN(C)CCCOC.I. The first-order chi connectivity index (χ1) is 11.8. The lowest BCUT2D eigenvalue weighted by atomic mass is 10.4. The van der Waals surface area contributed by atoms with Gasteiger partial charge in [0.15, 0.2) is 5.96 Å². The molecule has 2 N–H and O–H groups in total. The van der Waals surface area contributed by atoms with Crippen LogP contribution in [-0.4, -0.2) is 95.6 Å². The lowest BCUT2D eigenvalue weighted by Crippen LogP contribution is -2.41. The van der Waals surface area contributed by atoms with Gasteiger partial charge in [-0.2, -0.15) is 13.2 Å². The van der Waals surface area contributed by atoms with E-state index in [1.165, 1.54) is 11.9 Å². The maximum atomic E-state index is 12.2. The van der Waals surface area contributed by atoms with E-state index in [0.717, 1.165) is 39.2 Å². The minimum absolute atomic E-state index is 0. The summed E-state index contributed by atoms with van der Waals surface area (Å²) in [6.45, 7) is 6.04. The van der Waals surface area contributed by atoms with Crippen LogP contribution in [0.25, 0.3) is 0 Å². The first kappa shape index (κ1) is 27.9. The second kappa shape index (κ2) is 16.8. The highest BCUT2D eigenvalue weighted by atomic mass is 127. The van der Waals surface area contributed by atoms with Gasteiger partial charge in [-0.1, -0.05) is 0 Å². The molecule has 0 aromatic carbocycles. The van der Waals surface area contributed by atoms with Crippen molar-refractivity contribution in [2.75, 3.05) is 73.6 Å². The minimum atomic E-state index is -4.15. The Labute approximate surface area is 172 Å². The topological polar surface area (TPSA) is 52.1 Å². The summed E-state index contributed by atoms with van der Waals surface area (Å²) in [5.74, 6) is 0.700. The molecule has 0 atom stereocenters. The van der Waals surface area contributed by atoms with Crippen LogP contribution >= 0.6 is 24.0 Å². The van der Waals surface area contributed by atoms with Crippen molar-refractivity contribution >= 4 is 29.9 Å². The molecule has 0 radical (unpaired) electrons. The number of rotatable bonds is 13. The Morgan fingerprint density at radius 1 is 1.04 bits per heavy atom. The van der Waals surface area contributed by atoms with E-state index in [9.17, 15) is 13.2 Å². The molecule has 0 bridgehead atoms. The zero-order chi connectivity index (χ0) is 19.1. The molecule has 0 amide bonds. The first-order valence-electron chi connectivity index (χ1n) is 8.73. The summed E-state index contributed by atoms with van der Waals surface area (Å²) in [6.07, 6.45) is -2.57. The normalized spacial score (nSPS) is 12.4. The van der Waals surface area contributed by atoms with Gasteiger partial charge in [-0.15, -0.1) is 24.0 Å². The van der Waals surface area contributed by atoms with E-state index < -0.39 is 12.7 Å². The van der Waals surface area contributed by atoms with Gasteiger partial charge in [-0.05, 0) is 40.4 Å². The lowest BCUT2D eigenvalue weighted by Gasteiger charge is -2.19. The molecular weight excluding hydrogens is 462 g/mol. The number of nitrogens with zero attached hydrogens (tertiary/aromatic N) is 3. The fraction of sp³-hybridized carbons (Fsp3) is 0.938. The Bertz CT molecular complexity index is 359. The molecule has 0 heterocycles. The van der Waals surface area contributed by atoms with Gasteiger partial charge in [0.25, 0.3) is 0 Å². The predicted molar refractivity (Wildman–Crippen MR) is 112 cm³/mol.